The molecule has 0 unspecified atom stereocenters. The van der Waals surface area contributed by atoms with Crippen LogP contribution in [-0.4, -0.2) is 37.0 Å². The molecule has 2 aromatic rings. The first-order valence-electron chi connectivity index (χ1n) is 7.17. The lowest BCUT2D eigenvalue weighted by molar-refractivity contribution is 0.0925. The molecule has 1 aliphatic heterocycles. The van der Waals surface area contributed by atoms with Crippen molar-refractivity contribution >= 4 is 15.7 Å². The SMILES string of the molecule is O=C(NC1CCS(=O)(=O)CC1)c1cc(-c2ccc(F)cc2)on1. The van der Waals surface area contributed by atoms with Crippen molar-refractivity contribution in [3.05, 3.63) is 41.8 Å². The Morgan fingerprint density at radius 3 is 2.52 bits per heavy atom. The fourth-order valence-electron chi connectivity index (χ4n) is 2.43. The Kier molecular flexibility index (Phi) is 4.16. The second-order valence-corrected chi connectivity index (χ2v) is 7.79. The van der Waals surface area contributed by atoms with Gasteiger partial charge in [-0.15, -0.1) is 0 Å². The highest BCUT2D eigenvalue weighted by molar-refractivity contribution is 7.91. The summed E-state index contributed by atoms with van der Waals surface area (Å²) in [5.41, 5.74) is 0.722. The molecular formula is C15H15FN2O4S. The molecule has 8 heteroatoms. The number of carbonyl (C=O) groups is 1. The summed E-state index contributed by atoms with van der Waals surface area (Å²) < 4.78 is 40.7. The van der Waals surface area contributed by atoms with Gasteiger partial charge in [-0.25, -0.2) is 12.8 Å². The minimum atomic E-state index is -2.97. The van der Waals surface area contributed by atoms with Gasteiger partial charge in [0.1, 0.15) is 15.7 Å². The average molecular weight is 338 g/mol. The zero-order valence-corrected chi connectivity index (χ0v) is 13.0. The van der Waals surface area contributed by atoms with Gasteiger partial charge in [-0.2, -0.15) is 0 Å². The lowest BCUT2D eigenvalue weighted by Gasteiger charge is -2.22. The number of rotatable bonds is 3. The van der Waals surface area contributed by atoms with E-state index in [1.54, 1.807) is 0 Å². The standard InChI is InChI=1S/C15H15FN2O4S/c16-11-3-1-10(2-4-11)14-9-13(18-22-14)15(19)17-12-5-7-23(20,21)8-6-12/h1-4,9,12H,5-8H2,(H,17,19). The molecule has 1 amide bonds. The van der Waals surface area contributed by atoms with Gasteiger partial charge < -0.3 is 9.84 Å². The number of hydrogen-bond acceptors (Lipinski definition) is 5. The fourth-order valence-corrected chi connectivity index (χ4v) is 3.92. The topological polar surface area (TPSA) is 89.3 Å². The minimum absolute atomic E-state index is 0.0809. The summed E-state index contributed by atoms with van der Waals surface area (Å²) in [6.45, 7) is 0. The van der Waals surface area contributed by atoms with Gasteiger partial charge in [-0.3, -0.25) is 4.79 Å². The summed E-state index contributed by atoms with van der Waals surface area (Å²) in [6.07, 6.45) is 0.799. The summed E-state index contributed by atoms with van der Waals surface area (Å²) in [6, 6.07) is 6.94. The van der Waals surface area contributed by atoms with Gasteiger partial charge in [0.2, 0.25) is 0 Å². The van der Waals surface area contributed by atoms with Crippen LogP contribution >= 0.6 is 0 Å². The van der Waals surface area contributed by atoms with Gasteiger partial charge in [0, 0.05) is 17.7 Å². The van der Waals surface area contributed by atoms with E-state index in [9.17, 15) is 17.6 Å². The van der Waals surface area contributed by atoms with Gasteiger partial charge in [0.15, 0.2) is 11.5 Å². The number of carbonyl (C=O) groups excluding carboxylic acids is 1. The van der Waals surface area contributed by atoms with Crippen molar-refractivity contribution in [2.45, 2.75) is 18.9 Å². The van der Waals surface area contributed by atoms with Crippen LogP contribution in [0.3, 0.4) is 0 Å². The number of sulfone groups is 1. The number of halogens is 1. The van der Waals surface area contributed by atoms with E-state index >= 15 is 0 Å². The molecule has 1 aromatic heterocycles. The Balaban J connectivity index is 1.66. The third-order valence-electron chi connectivity index (χ3n) is 3.76. The molecule has 0 spiro atoms. The Hall–Kier alpha value is -2.22. The van der Waals surface area contributed by atoms with Gasteiger partial charge in [-0.05, 0) is 37.1 Å². The quantitative estimate of drug-likeness (QED) is 0.921. The molecule has 3 rings (SSSR count). The zero-order valence-electron chi connectivity index (χ0n) is 12.2. The predicted molar refractivity (Wildman–Crippen MR) is 81.0 cm³/mol. The second kappa shape index (κ2) is 6.11. The van der Waals surface area contributed by atoms with Crippen LogP contribution in [0.2, 0.25) is 0 Å². The van der Waals surface area contributed by atoms with Crippen molar-refractivity contribution in [3.8, 4) is 11.3 Å². The Morgan fingerprint density at radius 1 is 1.22 bits per heavy atom. The highest BCUT2D eigenvalue weighted by atomic mass is 32.2. The van der Waals surface area contributed by atoms with E-state index in [0.29, 0.717) is 24.2 Å². The predicted octanol–water partition coefficient (Wildman–Crippen LogP) is 1.79. The summed E-state index contributed by atoms with van der Waals surface area (Å²) >= 11 is 0. The molecule has 0 atom stereocenters. The maximum absolute atomic E-state index is 12.9. The number of hydrogen-bond donors (Lipinski definition) is 1. The van der Waals surface area contributed by atoms with Gasteiger partial charge >= 0.3 is 0 Å². The van der Waals surface area contributed by atoms with E-state index in [2.05, 4.69) is 10.5 Å². The normalized spacial score (nSPS) is 17.8. The monoisotopic (exact) mass is 338 g/mol. The molecule has 1 saturated heterocycles. The third-order valence-corrected chi connectivity index (χ3v) is 5.48. The van der Waals surface area contributed by atoms with Crippen molar-refractivity contribution in [2.24, 2.45) is 0 Å². The van der Waals surface area contributed by atoms with E-state index in [0.717, 1.165) is 0 Å². The van der Waals surface area contributed by atoms with Crippen LogP contribution in [0.5, 0.6) is 0 Å². The number of nitrogens with zero attached hydrogens (tertiary/aromatic N) is 1. The third kappa shape index (κ3) is 3.76. The maximum Gasteiger partial charge on any atom is 0.273 e. The molecule has 0 saturated carbocycles. The van der Waals surface area contributed by atoms with Crippen molar-refractivity contribution in [3.63, 3.8) is 0 Å². The van der Waals surface area contributed by atoms with Crippen molar-refractivity contribution in [1.29, 1.82) is 0 Å². The smallest absolute Gasteiger partial charge is 0.273 e. The van der Waals surface area contributed by atoms with Crippen LogP contribution in [0, 0.1) is 5.82 Å². The first-order chi connectivity index (χ1) is 10.9. The molecule has 23 heavy (non-hydrogen) atoms. The highest BCUT2D eigenvalue weighted by Crippen LogP contribution is 2.21. The highest BCUT2D eigenvalue weighted by Gasteiger charge is 2.25. The van der Waals surface area contributed by atoms with E-state index in [4.69, 9.17) is 4.52 Å². The van der Waals surface area contributed by atoms with E-state index in [1.165, 1.54) is 30.3 Å². The molecule has 1 aromatic carbocycles. The van der Waals surface area contributed by atoms with Crippen LogP contribution in [-0.2, 0) is 9.84 Å². The molecule has 1 fully saturated rings. The largest absolute Gasteiger partial charge is 0.355 e. The van der Waals surface area contributed by atoms with Gasteiger partial charge in [-0.1, -0.05) is 5.16 Å². The van der Waals surface area contributed by atoms with Crippen molar-refractivity contribution in [1.82, 2.24) is 10.5 Å². The molecular weight excluding hydrogens is 323 g/mol. The van der Waals surface area contributed by atoms with Crippen LogP contribution < -0.4 is 5.32 Å². The number of nitrogens with one attached hydrogen (secondary N) is 1. The molecule has 122 valence electrons. The molecule has 1 N–H and O–H groups in total. The molecule has 0 aliphatic carbocycles. The van der Waals surface area contributed by atoms with Crippen molar-refractivity contribution < 1.29 is 22.1 Å². The van der Waals surface area contributed by atoms with Crippen LogP contribution in [0.25, 0.3) is 11.3 Å². The molecule has 0 radical (unpaired) electrons. The summed E-state index contributed by atoms with van der Waals surface area (Å²) in [5.74, 6) is -0.249. The fraction of sp³-hybridized carbons (Fsp3) is 0.333. The van der Waals surface area contributed by atoms with E-state index in [-0.39, 0.29) is 29.1 Å². The summed E-state index contributed by atoms with van der Waals surface area (Å²) in [4.78, 5) is 12.1. The molecule has 6 nitrogen and oxygen atoms in total. The van der Waals surface area contributed by atoms with Crippen LogP contribution in [0.1, 0.15) is 23.3 Å². The lowest BCUT2D eigenvalue weighted by Crippen LogP contribution is -2.40. The first kappa shape index (κ1) is 15.7. The molecule has 0 bridgehead atoms. The lowest BCUT2D eigenvalue weighted by atomic mass is 10.1. The van der Waals surface area contributed by atoms with Crippen molar-refractivity contribution in [2.75, 3.05) is 11.5 Å². The number of amides is 1. The van der Waals surface area contributed by atoms with Gasteiger partial charge in [0.05, 0.1) is 11.5 Å². The Morgan fingerprint density at radius 2 is 1.87 bits per heavy atom. The molecule has 2 heterocycles. The second-order valence-electron chi connectivity index (χ2n) is 5.48. The average Bonchev–Trinajstić information content (AvgIpc) is 3.00. The summed E-state index contributed by atoms with van der Waals surface area (Å²) in [5, 5.41) is 6.47. The molecule has 1 aliphatic rings. The Labute approximate surface area is 132 Å². The maximum atomic E-state index is 12.9. The zero-order chi connectivity index (χ0) is 16.4. The van der Waals surface area contributed by atoms with Crippen LogP contribution in [0.4, 0.5) is 4.39 Å². The van der Waals surface area contributed by atoms with Crippen LogP contribution in [0.15, 0.2) is 34.9 Å². The minimum Gasteiger partial charge on any atom is -0.355 e. The number of benzene rings is 1. The van der Waals surface area contributed by atoms with E-state index in [1.807, 2.05) is 0 Å². The van der Waals surface area contributed by atoms with Gasteiger partial charge in [0.25, 0.3) is 5.91 Å². The number of aromatic nitrogens is 1. The summed E-state index contributed by atoms with van der Waals surface area (Å²) in [7, 11) is -2.97. The van der Waals surface area contributed by atoms with E-state index < -0.39 is 15.7 Å². The Bertz CT molecular complexity index is 800. The first-order valence-corrected chi connectivity index (χ1v) is 8.99.